The van der Waals surface area contributed by atoms with E-state index in [-0.39, 0.29) is 11.3 Å². The average Bonchev–Trinajstić information content (AvgIpc) is 3.09. The van der Waals surface area contributed by atoms with Crippen LogP contribution in [0.15, 0.2) is 59.1 Å². The van der Waals surface area contributed by atoms with Crippen molar-refractivity contribution in [3.05, 3.63) is 76.0 Å². The van der Waals surface area contributed by atoms with Gasteiger partial charge in [0.25, 0.3) is 5.69 Å². The average molecular weight is 320 g/mol. The van der Waals surface area contributed by atoms with Gasteiger partial charge in [-0.3, -0.25) is 10.1 Å². The molecule has 7 nitrogen and oxygen atoms in total. The summed E-state index contributed by atoms with van der Waals surface area (Å²) in [4.78, 5) is 10.2. The Morgan fingerprint density at radius 3 is 2.71 bits per heavy atom. The Labute approximate surface area is 137 Å². The van der Waals surface area contributed by atoms with Crippen molar-refractivity contribution < 1.29 is 9.45 Å². The van der Waals surface area contributed by atoms with Gasteiger partial charge in [-0.05, 0) is 6.07 Å². The van der Waals surface area contributed by atoms with Crippen LogP contribution in [-0.4, -0.2) is 10.1 Å². The molecule has 0 spiro atoms. The van der Waals surface area contributed by atoms with E-state index in [1.807, 2.05) is 36.4 Å². The van der Waals surface area contributed by atoms with E-state index in [0.29, 0.717) is 23.7 Å². The lowest BCUT2D eigenvalue weighted by atomic mass is 10.1. The second kappa shape index (κ2) is 6.62. The van der Waals surface area contributed by atoms with Gasteiger partial charge in [0.1, 0.15) is 11.8 Å². The van der Waals surface area contributed by atoms with E-state index in [4.69, 9.17) is 9.78 Å². The molecule has 3 aromatic rings. The number of aromatic nitrogens is 1. The van der Waals surface area contributed by atoms with E-state index in [2.05, 4.69) is 10.5 Å². The molecule has 0 aliphatic carbocycles. The standard InChI is InChI=1S/C17H12N4O3/c18-10-13-8-15(21(22)23)6-7-16(13)19-11-14-9-17(24-20-14)12-4-2-1-3-5-12/h1-9,19H,11H2. The summed E-state index contributed by atoms with van der Waals surface area (Å²) in [6.07, 6.45) is 0. The molecule has 1 aromatic heterocycles. The minimum absolute atomic E-state index is 0.120. The third kappa shape index (κ3) is 3.23. The first-order chi connectivity index (χ1) is 11.7. The van der Waals surface area contributed by atoms with Gasteiger partial charge < -0.3 is 9.84 Å². The van der Waals surface area contributed by atoms with Gasteiger partial charge in [-0.15, -0.1) is 0 Å². The first-order valence-electron chi connectivity index (χ1n) is 7.11. The highest BCUT2D eigenvalue weighted by Gasteiger charge is 2.11. The number of nitro benzene ring substituents is 1. The number of hydrogen-bond donors (Lipinski definition) is 1. The van der Waals surface area contributed by atoms with Crippen LogP contribution in [0.25, 0.3) is 11.3 Å². The quantitative estimate of drug-likeness (QED) is 0.567. The molecule has 0 fully saturated rings. The molecule has 7 heteroatoms. The molecule has 0 aliphatic rings. The van der Waals surface area contributed by atoms with Crippen LogP contribution in [0.1, 0.15) is 11.3 Å². The van der Waals surface area contributed by atoms with Gasteiger partial charge >= 0.3 is 0 Å². The van der Waals surface area contributed by atoms with E-state index in [9.17, 15) is 10.1 Å². The zero-order valence-corrected chi connectivity index (χ0v) is 12.5. The van der Waals surface area contributed by atoms with Gasteiger partial charge in [0, 0.05) is 23.8 Å². The summed E-state index contributed by atoms with van der Waals surface area (Å²) >= 11 is 0. The lowest BCUT2D eigenvalue weighted by Crippen LogP contribution is -2.02. The zero-order valence-electron chi connectivity index (χ0n) is 12.5. The molecule has 0 radical (unpaired) electrons. The summed E-state index contributed by atoms with van der Waals surface area (Å²) in [5.74, 6) is 0.650. The molecule has 0 bridgehead atoms. The highest BCUT2D eigenvalue weighted by atomic mass is 16.6. The number of nitrogens with one attached hydrogen (secondary N) is 1. The smallest absolute Gasteiger partial charge is 0.270 e. The van der Waals surface area contributed by atoms with Crippen molar-refractivity contribution >= 4 is 11.4 Å². The number of nitriles is 1. The van der Waals surface area contributed by atoms with Crippen molar-refractivity contribution in [2.75, 3.05) is 5.32 Å². The molecule has 0 aliphatic heterocycles. The molecular weight excluding hydrogens is 308 g/mol. The van der Waals surface area contributed by atoms with Crippen LogP contribution in [0.5, 0.6) is 0 Å². The number of anilines is 1. The maximum atomic E-state index is 10.8. The molecule has 2 aromatic carbocycles. The van der Waals surface area contributed by atoms with Gasteiger partial charge in [0.2, 0.25) is 0 Å². The SMILES string of the molecule is N#Cc1cc([N+](=O)[O-])ccc1NCc1cc(-c2ccccc2)on1. The molecule has 0 amide bonds. The van der Waals surface area contributed by atoms with Crippen molar-refractivity contribution in [1.29, 1.82) is 5.26 Å². The van der Waals surface area contributed by atoms with Gasteiger partial charge in [0.15, 0.2) is 5.76 Å². The fraction of sp³-hybridized carbons (Fsp3) is 0.0588. The monoisotopic (exact) mass is 320 g/mol. The molecule has 118 valence electrons. The van der Waals surface area contributed by atoms with Crippen LogP contribution in [-0.2, 0) is 6.54 Å². The lowest BCUT2D eigenvalue weighted by molar-refractivity contribution is -0.384. The summed E-state index contributed by atoms with van der Waals surface area (Å²) in [5, 5.41) is 26.9. The summed E-state index contributed by atoms with van der Waals surface area (Å²) < 4.78 is 5.30. The van der Waals surface area contributed by atoms with Crippen molar-refractivity contribution in [2.24, 2.45) is 0 Å². The Morgan fingerprint density at radius 2 is 2.00 bits per heavy atom. The van der Waals surface area contributed by atoms with E-state index in [1.165, 1.54) is 18.2 Å². The van der Waals surface area contributed by atoms with Crippen molar-refractivity contribution in [3.63, 3.8) is 0 Å². The molecular formula is C17H12N4O3. The van der Waals surface area contributed by atoms with Crippen molar-refractivity contribution in [2.45, 2.75) is 6.54 Å². The largest absolute Gasteiger partial charge is 0.378 e. The molecule has 0 atom stereocenters. The number of non-ortho nitro benzene ring substituents is 1. The minimum Gasteiger partial charge on any atom is -0.378 e. The van der Waals surface area contributed by atoms with E-state index >= 15 is 0 Å². The molecule has 0 saturated heterocycles. The number of rotatable bonds is 5. The van der Waals surface area contributed by atoms with Crippen LogP contribution < -0.4 is 5.32 Å². The normalized spacial score (nSPS) is 10.1. The predicted octanol–water partition coefficient (Wildman–Crippen LogP) is 3.73. The molecule has 1 heterocycles. The summed E-state index contributed by atoms with van der Waals surface area (Å²) in [7, 11) is 0. The first-order valence-corrected chi connectivity index (χ1v) is 7.11. The fourth-order valence-corrected chi connectivity index (χ4v) is 2.21. The number of nitrogens with zero attached hydrogens (tertiary/aromatic N) is 3. The molecule has 1 N–H and O–H groups in total. The van der Waals surface area contributed by atoms with Crippen molar-refractivity contribution in [1.82, 2.24) is 5.16 Å². The Bertz CT molecular complexity index is 913. The number of nitro groups is 1. The Morgan fingerprint density at radius 1 is 1.21 bits per heavy atom. The summed E-state index contributed by atoms with van der Waals surface area (Å²) in [5.41, 5.74) is 2.17. The maximum absolute atomic E-state index is 10.8. The first kappa shape index (κ1) is 15.2. The second-order valence-corrected chi connectivity index (χ2v) is 5.00. The fourth-order valence-electron chi connectivity index (χ4n) is 2.21. The van der Waals surface area contributed by atoms with Gasteiger partial charge in [0.05, 0.1) is 22.7 Å². The number of benzene rings is 2. The summed E-state index contributed by atoms with van der Waals surface area (Å²) in [6.45, 7) is 0.336. The minimum atomic E-state index is -0.533. The van der Waals surface area contributed by atoms with E-state index < -0.39 is 4.92 Å². The van der Waals surface area contributed by atoms with E-state index in [0.717, 1.165) is 5.56 Å². The Hall–Kier alpha value is -3.66. The lowest BCUT2D eigenvalue weighted by Gasteiger charge is -2.05. The highest BCUT2D eigenvalue weighted by Crippen LogP contribution is 2.23. The van der Waals surface area contributed by atoms with Crippen LogP contribution in [0.2, 0.25) is 0 Å². The predicted molar refractivity (Wildman–Crippen MR) is 87.1 cm³/mol. The molecule has 0 saturated carbocycles. The van der Waals surface area contributed by atoms with Crippen LogP contribution in [0, 0.1) is 21.4 Å². The van der Waals surface area contributed by atoms with Gasteiger partial charge in [-0.2, -0.15) is 5.26 Å². The van der Waals surface area contributed by atoms with Gasteiger partial charge in [-0.1, -0.05) is 35.5 Å². The van der Waals surface area contributed by atoms with Crippen molar-refractivity contribution in [3.8, 4) is 17.4 Å². The molecule has 0 unspecified atom stereocenters. The zero-order chi connectivity index (χ0) is 16.9. The van der Waals surface area contributed by atoms with E-state index in [1.54, 1.807) is 6.07 Å². The van der Waals surface area contributed by atoms with Crippen LogP contribution >= 0.6 is 0 Å². The Balaban J connectivity index is 1.74. The third-order valence-corrected chi connectivity index (χ3v) is 3.41. The molecule has 24 heavy (non-hydrogen) atoms. The molecule has 3 rings (SSSR count). The Kier molecular flexibility index (Phi) is 4.21. The third-order valence-electron chi connectivity index (χ3n) is 3.41. The number of hydrogen-bond acceptors (Lipinski definition) is 6. The topological polar surface area (TPSA) is 105 Å². The highest BCUT2D eigenvalue weighted by molar-refractivity contribution is 5.62. The van der Waals surface area contributed by atoms with Crippen LogP contribution in [0.3, 0.4) is 0 Å². The van der Waals surface area contributed by atoms with Gasteiger partial charge in [-0.25, -0.2) is 0 Å². The van der Waals surface area contributed by atoms with Crippen LogP contribution in [0.4, 0.5) is 11.4 Å². The summed E-state index contributed by atoms with van der Waals surface area (Å²) in [6, 6.07) is 17.4. The maximum Gasteiger partial charge on any atom is 0.270 e. The second-order valence-electron chi connectivity index (χ2n) is 5.00.